The predicted molar refractivity (Wildman–Crippen MR) is 280 cm³/mol. The molecular formula is C63H44N4. The number of hydrogen-bond donors (Lipinski definition) is 1. The summed E-state index contributed by atoms with van der Waals surface area (Å²) in [5, 5.41) is 9.68. The van der Waals surface area contributed by atoms with Gasteiger partial charge >= 0.3 is 0 Å². The molecule has 0 radical (unpaired) electrons. The lowest BCUT2D eigenvalue weighted by Gasteiger charge is -2.21. The molecule has 316 valence electrons. The summed E-state index contributed by atoms with van der Waals surface area (Å²) in [4.78, 5) is 10.8. The van der Waals surface area contributed by atoms with E-state index in [2.05, 4.69) is 248 Å². The van der Waals surface area contributed by atoms with Gasteiger partial charge in [-0.3, -0.25) is 0 Å². The lowest BCUT2D eigenvalue weighted by molar-refractivity contribution is 0.660. The zero-order valence-corrected chi connectivity index (χ0v) is 37.2. The van der Waals surface area contributed by atoms with Gasteiger partial charge in [-0.05, 0) is 116 Å². The average Bonchev–Trinajstić information content (AvgIpc) is 3.84. The van der Waals surface area contributed by atoms with Gasteiger partial charge in [0.25, 0.3) is 0 Å². The molecule has 4 nitrogen and oxygen atoms in total. The van der Waals surface area contributed by atoms with Gasteiger partial charge in [0, 0.05) is 55.3 Å². The summed E-state index contributed by atoms with van der Waals surface area (Å²) in [6.07, 6.45) is 0. The van der Waals surface area contributed by atoms with E-state index in [-0.39, 0.29) is 5.41 Å². The fourth-order valence-electron chi connectivity index (χ4n) is 10.7. The van der Waals surface area contributed by atoms with Gasteiger partial charge in [0.1, 0.15) is 0 Å². The topological polar surface area (TPSA) is 42.7 Å². The zero-order valence-electron chi connectivity index (χ0n) is 37.2. The van der Waals surface area contributed by atoms with Gasteiger partial charge in [-0.25, -0.2) is 9.97 Å². The average molecular weight is 857 g/mol. The number of nitrogens with zero attached hydrogens (tertiary/aromatic N) is 3. The van der Waals surface area contributed by atoms with Gasteiger partial charge in [0.15, 0.2) is 5.82 Å². The van der Waals surface area contributed by atoms with Crippen molar-refractivity contribution in [1.29, 1.82) is 0 Å². The van der Waals surface area contributed by atoms with Crippen LogP contribution in [0.1, 0.15) is 25.0 Å². The van der Waals surface area contributed by atoms with E-state index in [0.717, 1.165) is 66.9 Å². The first kappa shape index (κ1) is 38.8. The van der Waals surface area contributed by atoms with Gasteiger partial charge in [-0.15, -0.1) is 0 Å². The van der Waals surface area contributed by atoms with Crippen LogP contribution >= 0.6 is 0 Å². The van der Waals surface area contributed by atoms with E-state index in [4.69, 9.17) is 9.97 Å². The molecule has 10 aromatic carbocycles. The number of rotatable bonds is 7. The monoisotopic (exact) mass is 856 g/mol. The third-order valence-corrected chi connectivity index (χ3v) is 14.0. The first-order chi connectivity index (χ1) is 33.0. The van der Waals surface area contributed by atoms with Crippen LogP contribution in [0.15, 0.2) is 224 Å². The maximum Gasteiger partial charge on any atom is 0.160 e. The van der Waals surface area contributed by atoms with Crippen LogP contribution in [-0.2, 0) is 5.41 Å². The summed E-state index contributed by atoms with van der Waals surface area (Å²) in [6.45, 7) is 4.66. The number of benzene rings is 10. The second-order valence-corrected chi connectivity index (χ2v) is 18.3. The van der Waals surface area contributed by atoms with Crippen molar-refractivity contribution < 1.29 is 0 Å². The van der Waals surface area contributed by atoms with E-state index >= 15 is 0 Å². The van der Waals surface area contributed by atoms with Crippen LogP contribution in [0.5, 0.6) is 0 Å². The summed E-state index contributed by atoms with van der Waals surface area (Å²) < 4.78 is 2.36. The van der Waals surface area contributed by atoms with Crippen LogP contribution in [0.4, 0.5) is 11.4 Å². The van der Waals surface area contributed by atoms with Crippen LogP contribution in [0, 0.1) is 0 Å². The first-order valence-corrected chi connectivity index (χ1v) is 23.1. The molecule has 0 aliphatic heterocycles. The zero-order chi connectivity index (χ0) is 44.6. The van der Waals surface area contributed by atoms with Gasteiger partial charge in [-0.2, -0.15) is 0 Å². The molecule has 0 bridgehead atoms. The van der Waals surface area contributed by atoms with Crippen molar-refractivity contribution in [3.8, 4) is 61.7 Å². The number of nitrogens with one attached hydrogen (secondary N) is 1. The Bertz CT molecular complexity index is 3920. The van der Waals surface area contributed by atoms with Crippen LogP contribution in [0.25, 0.3) is 105 Å². The quantitative estimate of drug-likeness (QED) is 0.162. The Balaban J connectivity index is 0.906. The van der Waals surface area contributed by atoms with E-state index in [0.29, 0.717) is 5.82 Å². The third-order valence-electron chi connectivity index (χ3n) is 14.0. The predicted octanol–water partition coefficient (Wildman–Crippen LogP) is 16.6. The minimum atomic E-state index is -0.0794. The van der Waals surface area contributed by atoms with Gasteiger partial charge in [-0.1, -0.05) is 172 Å². The number of anilines is 2. The van der Waals surface area contributed by atoms with Crippen molar-refractivity contribution in [2.45, 2.75) is 19.3 Å². The molecule has 0 saturated heterocycles. The number of aromatic nitrogens is 3. The normalized spacial score (nSPS) is 12.7. The first-order valence-electron chi connectivity index (χ1n) is 23.1. The minimum absolute atomic E-state index is 0.0794. The van der Waals surface area contributed by atoms with Gasteiger partial charge in [0.2, 0.25) is 0 Å². The van der Waals surface area contributed by atoms with Crippen molar-refractivity contribution in [3.63, 3.8) is 0 Å². The molecule has 2 heterocycles. The molecule has 1 aliphatic carbocycles. The highest BCUT2D eigenvalue weighted by Crippen LogP contribution is 2.50. The number of para-hydroxylation sites is 2. The third kappa shape index (κ3) is 6.36. The van der Waals surface area contributed by atoms with Crippen molar-refractivity contribution >= 4 is 54.9 Å². The van der Waals surface area contributed by atoms with Gasteiger partial charge < -0.3 is 9.88 Å². The number of fused-ring (bicyclic) bond motifs is 9. The Morgan fingerprint density at radius 2 is 1.09 bits per heavy atom. The molecule has 0 fully saturated rings. The molecule has 1 aliphatic rings. The second kappa shape index (κ2) is 15.3. The maximum absolute atomic E-state index is 5.49. The molecule has 13 rings (SSSR count). The highest BCUT2D eigenvalue weighted by molar-refractivity contribution is 6.13. The molecule has 0 atom stereocenters. The summed E-state index contributed by atoms with van der Waals surface area (Å²) >= 11 is 0. The molecular weight excluding hydrogens is 813 g/mol. The summed E-state index contributed by atoms with van der Waals surface area (Å²) in [5.74, 6) is 0.685. The van der Waals surface area contributed by atoms with Crippen LogP contribution in [-0.4, -0.2) is 14.5 Å². The Kier molecular flexibility index (Phi) is 8.84. The second-order valence-electron chi connectivity index (χ2n) is 18.3. The van der Waals surface area contributed by atoms with E-state index in [1.807, 2.05) is 0 Å². The minimum Gasteiger partial charge on any atom is -0.355 e. The smallest absolute Gasteiger partial charge is 0.160 e. The highest BCUT2D eigenvalue weighted by Gasteiger charge is 2.35. The van der Waals surface area contributed by atoms with E-state index < -0.39 is 0 Å². The molecule has 0 amide bonds. The fourth-order valence-corrected chi connectivity index (χ4v) is 10.7. The van der Waals surface area contributed by atoms with Crippen molar-refractivity contribution in [2.24, 2.45) is 0 Å². The lowest BCUT2D eigenvalue weighted by Crippen LogP contribution is -2.14. The standard InChI is InChI=1S/C63H44N4/c1-63(2)54-26-13-11-24-49(54)52-39-44(28-32-55(52)63)61-60-48-23-10-9-18-41(48)29-34-57(60)65-62(66-61)45-19-15-20-46(36-45)64-56-33-30-42(37-51(56)40-16-5-3-6-17-40)43-31-35-59-53(38-43)50-25-12-14-27-58(50)67(59)47-21-7-4-8-22-47/h3-39,64H,1-2H3. The molecule has 0 saturated carbocycles. The summed E-state index contributed by atoms with van der Waals surface area (Å²) in [5.41, 5.74) is 19.2. The van der Waals surface area contributed by atoms with Crippen LogP contribution < -0.4 is 5.32 Å². The molecule has 4 heteroatoms. The molecule has 12 aromatic rings. The number of hydrogen-bond acceptors (Lipinski definition) is 3. The van der Waals surface area contributed by atoms with Crippen LogP contribution in [0.2, 0.25) is 0 Å². The fraction of sp³-hybridized carbons (Fsp3) is 0.0476. The molecule has 2 aromatic heterocycles. The Morgan fingerprint density at radius 1 is 0.418 bits per heavy atom. The summed E-state index contributed by atoms with van der Waals surface area (Å²) in [7, 11) is 0. The van der Waals surface area contributed by atoms with Crippen LogP contribution in [0.3, 0.4) is 0 Å². The van der Waals surface area contributed by atoms with Crippen molar-refractivity contribution in [2.75, 3.05) is 5.32 Å². The van der Waals surface area contributed by atoms with Gasteiger partial charge in [0.05, 0.1) is 22.2 Å². The van der Waals surface area contributed by atoms with Crippen molar-refractivity contribution in [3.05, 3.63) is 236 Å². The van der Waals surface area contributed by atoms with E-state index in [9.17, 15) is 0 Å². The Morgan fingerprint density at radius 3 is 1.97 bits per heavy atom. The molecule has 0 unspecified atom stereocenters. The largest absolute Gasteiger partial charge is 0.355 e. The van der Waals surface area contributed by atoms with E-state index in [1.165, 1.54) is 55.0 Å². The molecule has 0 spiro atoms. The maximum atomic E-state index is 5.49. The Hall–Kier alpha value is -8.60. The SMILES string of the molecule is CC1(C)c2ccccc2-c2cc(-c3nc(-c4cccc(Nc5ccc(-c6ccc7c(c6)c6ccccc6n7-c6ccccc6)cc5-c5ccccc5)c4)nc4ccc5ccccc5c34)ccc21. The van der Waals surface area contributed by atoms with Crippen molar-refractivity contribution in [1.82, 2.24) is 14.5 Å². The molecule has 1 N–H and O–H groups in total. The van der Waals surface area contributed by atoms with E-state index in [1.54, 1.807) is 0 Å². The summed E-state index contributed by atoms with van der Waals surface area (Å²) in [6, 6.07) is 80.8. The molecule has 67 heavy (non-hydrogen) atoms. The lowest BCUT2D eigenvalue weighted by atomic mass is 9.82. The highest BCUT2D eigenvalue weighted by atomic mass is 15.0. The Labute approximate surface area is 389 Å².